The molecule has 0 aromatic heterocycles. The van der Waals surface area contributed by atoms with Gasteiger partial charge in [-0.25, -0.2) is 0 Å². The highest BCUT2D eigenvalue weighted by molar-refractivity contribution is 5.96. The Bertz CT molecular complexity index is 937. The minimum absolute atomic E-state index is 0.000723. The molecule has 0 saturated carbocycles. The van der Waals surface area contributed by atoms with Crippen molar-refractivity contribution < 1.29 is 24.2 Å². The SMILES string of the molecule is COc1ccc(C(O)C(CN2CCCC2)NC(=O)CCCC(=O)c2ccc(OC(C)C)cc2)cc1. The molecule has 1 saturated heterocycles. The number of ketones is 1. The number of methoxy groups -OCH3 is 1. The predicted molar refractivity (Wildman–Crippen MR) is 136 cm³/mol. The standard InChI is InChI=1S/C28H38N2O5/c1-20(2)35-24-15-9-21(10-16-24)26(31)7-6-8-27(32)29-25(19-30-17-4-5-18-30)28(33)22-11-13-23(34-3)14-12-22/h9-16,20,25,28,33H,4-8,17-19H2,1-3H3,(H,29,32). The van der Waals surface area contributed by atoms with Crippen LogP contribution in [0.25, 0.3) is 0 Å². The van der Waals surface area contributed by atoms with Crippen molar-refractivity contribution in [3.8, 4) is 11.5 Å². The molecule has 1 aliphatic rings. The first-order valence-corrected chi connectivity index (χ1v) is 12.5. The van der Waals surface area contributed by atoms with Crippen molar-refractivity contribution in [2.75, 3.05) is 26.7 Å². The van der Waals surface area contributed by atoms with Crippen molar-refractivity contribution in [1.82, 2.24) is 10.2 Å². The smallest absolute Gasteiger partial charge is 0.220 e. The van der Waals surface area contributed by atoms with E-state index in [1.54, 1.807) is 43.5 Å². The summed E-state index contributed by atoms with van der Waals surface area (Å²) < 4.78 is 10.8. The fourth-order valence-electron chi connectivity index (χ4n) is 4.33. The number of carbonyl (C=O) groups excluding carboxylic acids is 2. The number of nitrogens with one attached hydrogen (secondary N) is 1. The summed E-state index contributed by atoms with van der Waals surface area (Å²) in [5.41, 5.74) is 1.35. The van der Waals surface area contributed by atoms with E-state index in [4.69, 9.17) is 9.47 Å². The molecule has 2 unspecified atom stereocenters. The Balaban J connectivity index is 1.53. The average Bonchev–Trinajstić information content (AvgIpc) is 3.36. The molecule has 0 spiro atoms. The summed E-state index contributed by atoms with van der Waals surface area (Å²) in [6.45, 7) is 6.43. The maximum Gasteiger partial charge on any atom is 0.220 e. The van der Waals surface area contributed by atoms with Crippen LogP contribution in [0.3, 0.4) is 0 Å². The minimum atomic E-state index is -0.835. The molecular formula is C28H38N2O5. The number of hydrogen-bond donors (Lipinski definition) is 2. The Morgan fingerprint density at radius 2 is 1.60 bits per heavy atom. The second kappa shape index (κ2) is 13.3. The molecule has 3 rings (SSSR count). The number of carbonyl (C=O) groups is 2. The van der Waals surface area contributed by atoms with Crippen molar-refractivity contribution in [1.29, 1.82) is 0 Å². The number of Topliss-reactive ketones (excluding diaryl/α,β-unsaturated/α-hetero) is 1. The molecule has 35 heavy (non-hydrogen) atoms. The molecule has 0 bridgehead atoms. The number of benzene rings is 2. The van der Waals surface area contributed by atoms with Crippen LogP contribution in [-0.2, 0) is 4.79 Å². The average molecular weight is 483 g/mol. The van der Waals surface area contributed by atoms with Gasteiger partial charge in [0.05, 0.1) is 19.3 Å². The third kappa shape index (κ3) is 8.37. The van der Waals surface area contributed by atoms with Gasteiger partial charge in [0.25, 0.3) is 0 Å². The molecule has 0 radical (unpaired) electrons. The summed E-state index contributed by atoms with van der Waals surface area (Å²) in [6.07, 6.45) is 2.47. The van der Waals surface area contributed by atoms with E-state index in [9.17, 15) is 14.7 Å². The molecule has 7 nitrogen and oxygen atoms in total. The number of nitrogens with zero attached hydrogens (tertiary/aromatic N) is 1. The largest absolute Gasteiger partial charge is 0.497 e. The molecule has 1 heterocycles. The van der Waals surface area contributed by atoms with Crippen LogP contribution in [0.15, 0.2) is 48.5 Å². The summed E-state index contributed by atoms with van der Waals surface area (Å²) in [6, 6.07) is 13.9. The second-order valence-corrected chi connectivity index (χ2v) is 9.37. The molecule has 2 aromatic carbocycles. The normalized spacial score (nSPS) is 15.6. The third-order valence-electron chi connectivity index (χ3n) is 6.19. The summed E-state index contributed by atoms with van der Waals surface area (Å²) >= 11 is 0. The summed E-state index contributed by atoms with van der Waals surface area (Å²) in [5, 5.41) is 14.1. The second-order valence-electron chi connectivity index (χ2n) is 9.37. The van der Waals surface area contributed by atoms with Gasteiger partial charge in [-0.05, 0) is 88.2 Å². The Hall–Kier alpha value is -2.90. The Morgan fingerprint density at radius 1 is 0.971 bits per heavy atom. The molecule has 1 amide bonds. The first-order chi connectivity index (χ1) is 16.9. The van der Waals surface area contributed by atoms with Crippen LogP contribution in [0.5, 0.6) is 11.5 Å². The number of aliphatic hydroxyl groups excluding tert-OH is 1. The van der Waals surface area contributed by atoms with Crippen molar-refractivity contribution in [3.63, 3.8) is 0 Å². The minimum Gasteiger partial charge on any atom is -0.497 e. The molecular weight excluding hydrogens is 444 g/mol. The van der Waals surface area contributed by atoms with E-state index >= 15 is 0 Å². The molecule has 190 valence electrons. The van der Waals surface area contributed by atoms with Crippen molar-refractivity contribution >= 4 is 11.7 Å². The van der Waals surface area contributed by atoms with E-state index in [2.05, 4.69) is 10.2 Å². The predicted octanol–water partition coefficient (Wildman–Crippen LogP) is 4.15. The zero-order chi connectivity index (χ0) is 25.2. The lowest BCUT2D eigenvalue weighted by molar-refractivity contribution is -0.123. The van der Waals surface area contributed by atoms with E-state index in [0.29, 0.717) is 24.3 Å². The van der Waals surface area contributed by atoms with Crippen LogP contribution in [-0.4, -0.2) is 60.6 Å². The van der Waals surface area contributed by atoms with Crippen LogP contribution < -0.4 is 14.8 Å². The molecule has 2 aromatic rings. The van der Waals surface area contributed by atoms with Gasteiger partial charge in [0, 0.05) is 24.9 Å². The van der Waals surface area contributed by atoms with E-state index in [0.717, 1.165) is 37.2 Å². The number of likely N-dealkylation sites (tertiary alicyclic amines) is 1. The first kappa shape index (κ1) is 26.7. The highest BCUT2D eigenvalue weighted by Gasteiger charge is 2.26. The maximum absolute atomic E-state index is 12.7. The van der Waals surface area contributed by atoms with Crippen LogP contribution in [0.1, 0.15) is 68.0 Å². The maximum atomic E-state index is 12.7. The fourth-order valence-corrected chi connectivity index (χ4v) is 4.33. The van der Waals surface area contributed by atoms with Gasteiger partial charge in [-0.2, -0.15) is 0 Å². The zero-order valence-electron chi connectivity index (χ0n) is 21.0. The van der Waals surface area contributed by atoms with E-state index in [1.807, 2.05) is 26.0 Å². The molecule has 0 aliphatic carbocycles. The number of ether oxygens (including phenoxy) is 2. The van der Waals surface area contributed by atoms with E-state index < -0.39 is 12.1 Å². The Morgan fingerprint density at radius 3 is 2.20 bits per heavy atom. The van der Waals surface area contributed by atoms with Crippen LogP contribution in [0.2, 0.25) is 0 Å². The number of hydrogen-bond acceptors (Lipinski definition) is 6. The van der Waals surface area contributed by atoms with Gasteiger partial charge in [0.2, 0.25) is 5.91 Å². The third-order valence-corrected chi connectivity index (χ3v) is 6.19. The zero-order valence-corrected chi connectivity index (χ0v) is 21.0. The van der Waals surface area contributed by atoms with Crippen LogP contribution in [0.4, 0.5) is 0 Å². The first-order valence-electron chi connectivity index (χ1n) is 12.5. The summed E-state index contributed by atoms with van der Waals surface area (Å²) in [7, 11) is 1.60. The number of rotatable bonds is 13. The van der Waals surface area contributed by atoms with Crippen molar-refractivity contribution in [2.24, 2.45) is 0 Å². The van der Waals surface area contributed by atoms with Crippen LogP contribution in [0, 0.1) is 0 Å². The van der Waals surface area contributed by atoms with Gasteiger partial charge >= 0.3 is 0 Å². The van der Waals surface area contributed by atoms with Crippen LogP contribution >= 0.6 is 0 Å². The fraction of sp³-hybridized carbons (Fsp3) is 0.500. The van der Waals surface area contributed by atoms with Gasteiger partial charge < -0.3 is 24.8 Å². The van der Waals surface area contributed by atoms with E-state index in [1.165, 1.54) is 0 Å². The quantitative estimate of drug-likeness (QED) is 0.417. The van der Waals surface area contributed by atoms with Gasteiger partial charge in [0.15, 0.2) is 5.78 Å². The molecule has 2 N–H and O–H groups in total. The Labute approximate surface area is 208 Å². The molecule has 2 atom stereocenters. The monoisotopic (exact) mass is 482 g/mol. The van der Waals surface area contributed by atoms with Gasteiger partial charge in [-0.3, -0.25) is 9.59 Å². The number of aliphatic hydroxyl groups is 1. The topological polar surface area (TPSA) is 88.1 Å². The highest BCUT2D eigenvalue weighted by Crippen LogP contribution is 2.22. The summed E-state index contributed by atoms with van der Waals surface area (Å²) in [5.74, 6) is 1.29. The Kier molecular flexibility index (Phi) is 10.1. The molecule has 1 aliphatic heterocycles. The lowest BCUT2D eigenvalue weighted by Crippen LogP contribution is -2.46. The van der Waals surface area contributed by atoms with Crippen molar-refractivity contribution in [2.45, 2.75) is 64.2 Å². The molecule has 7 heteroatoms. The van der Waals surface area contributed by atoms with Gasteiger partial charge in [0.1, 0.15) is 17.6 Å². The van der Waals surface area contributed by atoms with E-state index in [-0.39, 0.29) is 30.6 Å². The lowest BCUT2D eigenvalue weighted by atomic mass is 10.0. The number of amides is 1. The molecule has 1 fully saturated rings. The van der Waals surface area contributed by atoms with Gasteiger partial charge in [-0.1, -0.05) is 12.1 Å². The lowest BCUT2D eigenvalue weighted by Gasteiger charge is -2.29. The summed E-state index contributed by atoms with van der Waals surface area (Å²) in [4.78, 5) is 27.5. The highest BCUT2D eigenvalue weighted by atomic mass is 16.5. The van der Waals surface area contributed by atoms with Gasteiger partial charge in [-0.15, -0.1) is 0 Å². The van der Waals surface area contributed by atoms with Crippen molar-refractivity contribution in [3.05, 3.63) is 59.7 Å².